The van der Waals surface area contributed by atoms with Crippen LogP contribution in [-0.4, -0.2) is 29.1 Å². The van der Waals surface area contributed by atoms with E-state index in [0.717, 1.165) is 30.6 Å². The van der Waals surface area contributed by atoms with Crippen LogP contribution in [0.3, 0.4) is 0 Å². The molecule has 2 saturated carbocycles. The lowest BCUT2D eigenvalue weighted by molar-refractivity contribution is 0.0697. The summed E-state index contributed by atoms with van der Waals surface area (Å²) in [6.45, 7) is 3.64. The second kappa shape index (κ2) is 4.17. The van der Waals surface area contributed by atoms with Crippen LogP contribution in [0.25, 0.3) is 0 Å². The Hall–Kier alpha value is -1.32. The summed E-state index contributed by atoms with van der Waals surface area (Å²) in [6, 6.07) is 1.73. The van der Waals surface area contributed by atoms with Gasteiger partial charge >= 0.3 is 0 Å². The third-order valence-corrected chi connectivity index (χ3v) is 3.48. The Bertz CT molecular complexity index is 405. The maximum atomic E-state index is 12.3. The van der Waals surface area contributed by atoms with Crippen LogP contribution < -0.4 is 0 Å². The van der Waals surface area contributed by atoms with Gasteiger partial charge in [-0.05, 0) is 44.4 Å². The van der Waals surface area contributed by atoms with Gasteiger partial charge in [-0.25, -0.2) is 0 Å². The number of carbonyl (C=O) groups excluding carboxylic acids is 1. The highest BCUT2D eigenvalue weighted by molar-refractivity contribution is 5.91. The molecule has 4 heteroatoms. The van der Waals surface area contributed by atoms with E-state index in [2.05, 4.69) is 5.16 Å². The Balaban J connectivity index is 1.69. The minimum absolute atomic E-state index is 0.0180. The molecule has 1 amide bonds. The van der Waals surface area contributed by atoms with E-state index in [0.29, 0.717) is 5.76 Å². The minimum atomic E-state index is 0.0180. The molecule has 0 N–H and O–H groups in total. The summed E-state index contributed by atoms with van der Waals surface area (Å²) in [6.07, 6.45) is 5.07. The summed E-state index contributed by atoms with van der Waals surface area (Å²) < 4.78 is 5.07. The molecule has 92 valence electrons. The van der Waals surface area contributed by atoms with Crippen LogP contribution >= 0.6 is 0 Å². The predicted octanol–water partition coefficient (Wildman–Crippen LogP) is 2.25. The number of hydrogen-bond donors (Lipinski definition) is 0. The zero-order valence-electron chi connectivity index (χ0n) is 10.2. The molecule has 0 spiro atoms. The SMILES string of the molecule is Cc1cc(C(=O)N(CC2CC2)CC2CC2)on1. The number of aryl methyl sites for hydroxylation is 1. The van der Waals surface area contributed by atoms with Crippen molar-refractivity contribution < 1.29 is 9.32 Å². The van der Waals surface area contributed by atoms with Crippen molar-refractivity contribution in [3.05, 3.63) is 17.5 Å². The van der Waals surface area contributed by atoms with Gasteiger partial charge in [0.15, 0.2) is 0 Å². The molecule has 3 rings (SSSR count). The van der Waals surface area contributed by atoms with Crippen LogP contribution in [0.1, 0.15) is 41.9 Å². The van der Waals surface area contributed by atoms with E-state index in [-0.39, 0.29) is 5.91 Å². The maximum absolute atomic E-state index is 12.3. The monoisotopic (exact) mass is 234 g/mol. The number of nitrogens with zero attached hydrogens (tertiary/aromatic N) is 2. The number of hydrogen-bond acceptors (Lipinski definition) is 3. The lowest BCUT2D eigenvalue weighted by atomic mass is 10.2. The number of aromatic nitrogens is 1. The number of carbonyl (C=O) groups is 1. The van der Waals surface area contributed by atoms with Gasteiger partial charge in [0.25, 0.3) is 5.91 Å². The summed E-state index contributed by atoms with van der Waals surface area (Å²) in [5, 5.41) is 3.79. The second-order valence-corrected chi connectivity index (χ2v) is 5.43. The van der Waals surface area contributed by atoms with Gasteiger partial charge in [-0.15, -0.1) is 0 Å². The highest BCUT2D eigenvalue weighted by Gasteiger charge is 2.32. The summed E-state index contributed by atoms with van der Waals surface area (Å²) in [4.78, 5) is 14.2. The van der Waals surface area contributed by atoms with Gasteiger partial charge in [0.2, 0.25) is 5.76 Å². The molecule has 0 saturated heterocycles. The van der Waals surface area contributed by atoms with E-state index in [9.17, 15) is 4.79 Å². The van der Waals surface area contributed by atoms with E-state index in [1.807, 2.05) is 11.8 Å². The third-order valence-electron chi connectivity index (χ3n) is 3.48. The third kappa shape index (κ3) is 2.68. The fourth-order valence-electron chi connectivity index (χ4n) is 2.08. The fourth-order valence-corrected chi connectivity index (χ4v) is 2.08. The molecule has 0 bridgehead atoms. The normalized spacial score (nSPS) is 19.4. The number of rotatable bonds is 5. The van der Waals surface area contributed by atoms with Crippen molar-refractivity contribution in [1.82, 2.24) is 10.1 Å². The van der Waals surface area contributed by atoms with Gasteiger partial charge < -0.3 is 9.42 Å². The average Bonchev–Trinajstić information content (AvgIpc) is 3.21. The molecule has 2 aliphatic rings. The van der Waals surface area contributed by atoms with Gasteiger partial charge in [-0.1, -0.05) is 5.16 Å². The highest BCUT2D eigenvalue weighted by atomic mass is 16.5. The molecule has 1 aromatic rings. The number of amides is 1. The molecule has 0 unspecified atom stereocenters. The van der Waals surface area contributed by atoms with E-state index in [4.69, 9.17) is 4.52 Å². The minimum Gasteiger partial charge on any atom is -0.351 e. The maximum Gasteiger partial charge on any atom is 0.292 e. The van der Waals surface area contributed by atoms with Crippen LogP contribution in [0.15, 0.2) is 10.6 Å². The lowest BCUT2D eigenvalue weighted by Gasteiger charge is -2.20. The molecule has 17 heavy (non-hydrogen) atoms. The molecule has 1 heterocycles. The molecule has 0 aromatic carbocycles. The van der Waals surface area contributed by atoms with Crippen molar-refractivity contribution in [3.8, 4) is 0 Å². The first-order chi connectivity index (χ1) is 8.22. The first kappa shape index (κ1) is 10.8. The molecule has 2 fully saturated rings. The molecule has 1 aromatic heterocycles. The molecule has 0 aliphatic heterocycles. The van der Waals surface area contributed by atoms with Crippen LogP contribution in [0.5, 0.6) is 0 Å². The standard InChI is InChI=1S/C13H18N2O2/c1-9-6-12(17-14-9)13(16)15(7-10-2-3-10)8-11-4-5-11/h6,10-11H,2-5,7-8H2,1H3. The van der Waals surface area contributed by atoms with Crippen molar-refractivity contribution in [2.24, 2.45) is 11.8 Å². The molecular formula is C13H18N2O2. The van der Waals surface area contributed by atoms with Crippen molar-refractivity contribution in [2.45, 2.75) is 32.6 Å². The highest BCUT2D eigenvalue weighted by Crippen LogP contribution is 2.34. The second-order valence-electron chi connectivity index (χ2n) is 5.43. The summed E-state index contributed by atoms with van der Waals surface area (Å²) in [5.41, 5.74) is 0.770. The van der Waals surface area contributed by atoms with Gasteiger partial charge in [-0.2, -0.15) is 0 Å². The van der Waals surface area contributed by atoms with Gasteiger partial charge in [0.05, 0.1) is 5.69 Å². The Morgan fingerprint density at radius 2 is 1.94 bits per heavy atom. The predicted molar refractivity (Wildman–Crippen MR) is 62.6 cm³/mol. The topological polar surface area (TPSA) is 46.3 Å². The average molecular weight is 234 g/mol. The van der Waals surface area contributed by atoms with Crippen molar-refractivity contribution in [3.63, 3.8) is 0 Å². The fraction of sp³-hybridized carbons (Fsp3) is 0.692. The molecule has 0 atom stereocenters. The largest absolute Gasteiger partial charge is 0.351 e. The molecule has 4 nitrogen and oxygen atoms in total. The summed E-state index contributed by atoms with van der Waals surface area (Å²) in [7, 11) is 0. The van der Waals surface area contributed by atoms with Crippen molar-refractivity contribution in [1.29, 1.82) is 0 Å². The zero-order chi connectivity index (χ0) is 11.8. The van der Waals surface area contributed by atoms with Crippen LogP contribution in [0.4, 0.5) is 0 Å². The summed E-state index contributed by atoms with van der Waals surface area (Å²) >= 11 is 0. The Morgan fingerprint density at radius 3 is 2.35 bits per heavy atom. The van der Waals surface area contributed by atoms with Crippen molar-refractivity contribution >= 4 is 5.91 Å². The van der Waals surface area contributed by atoms with Crippen LogP contribution in [-0.2, 0) is 0 Å². The van der Waals surface area contributed by atoms with E-state index < -0.39 is 0 Å². The molecule has 2 aliphatic carbocycles. The molecule has 0 radical (unpaired) electrons. The quantitative estimate of drug-likeness (QED) is 0.785. The van der Waals surface area contributed by atoms with Gasteiger partial charge in [0.1, 0.15) is 0 Å². The van der Waals surface area contributed by atoms with E-state index in [1.54, 1.807) is 6.07 Å². The Kier molecular flexibility index (Phi) is 2.65. The van der Waals surface area contributed by atoms with E-state index >= 15 is 0 Å². The zero-order valence-corrected chi connectivity index (χ0v) is 10.2. The Morgan fingerprint density at radius 1 is 1.35 bits per heavy atom. The first-order valence-corrected chi connectivity index (χ1v) is 6.45. The van der Waals surface area contributed by atoms with Gasteiger partial charge in [-0.3, -0.25) is 4.79 Å². The summed E-state index contributed by atoms with van der Waals surface area (Å²) in [5.74, 6) is 1.86. The van der Waals surface area contributed by atoms with Crippen LogP contribution in [0, 0.1) is 18.8 Å². The van der Waals surface area contributed by atoms with Crippen molar-refractivity contribution in [2.75, 3.05) is 13.1 Å². The Labute approximate surface area is 101 Å². The van der Waals surface area contributed by atoms with E-state index in [1.165, 1.54) is 25.7 Å². The van der Waals surface area contributed by atoms with Gasteiger partial charge in [0, 0.05) is 19.2 Å². The molecular weight excluding hydrogens is 216 g/mol. The lowest BCUT2D eigenvalue weighted by Crippen LogP contribution is -2.34. The first-order valence-electron chi connectivity index (χ1n) is 6.45. The van der Waals surface area contributed by atoms with Crippen LogP contribution in [0.2, 0.25) is 0 Å². The smallest absolute Gasteiger partial charge is 0.292 e.